The summed E-state index contributed by atoms with van der Waals surface area (Å²) in [6.45, 7) is 4.04. The van der Waals surface area contributed by atoms with Crippen molar-refractivity contribution in [1.82, 2.24) is 15.3 Å². The number of aromatic nitrogens is 2. The highest BCUT2D eigenvalue weighted by molar-refractivity contribution is 6.30. The second-order valence-electron chi connectivity index (χ2n) is 6.71. The molecule has 2 aromatic carbocycles. The van der Waals surface area contributed by atoms with Crippen LogP contribution in [0.5, 0.6) is 5.75 Å². The molecule has 0 aliphatic rings. The van der Waals surface area contributed by atoms with Gasteiger partial charge in [0.2, 0.25) is 11.9 Å². The van der Waals surface area contributed by atoms with Gasteiger partial charge in [0.1, 0.15) is 5.75 Å². The van der Waals surface area contributed by atoms with E-state index in [1.807, 2.05) is 44.2 Å². The SMILES string of the molecule is COc1cccc(CN=C(NC(=O)Nc2cccc(Cl)c2)Nc2nc(C)cc(C)n2)c1. The fourth-order valence-corrected chi connectivity index (χ4v) is 2.97. The van der Waals surface area contributed by atoms with Crippen molar-refractivity contribution < 1.29 is 9.53 Å². The first kappa shape index (κ1) is 22.0. The lowest BCUT2D eigenvalue weighted by Gasteiger charge is -2.13. The summed E-state index contributed by atoms with van der Waals surface area (Å²) in [4.78, 5) is 25.7. The summed E-state index contributed by atoms with van der Waals surface area (Å²) in [5.41, 5.74) is 3.06. The number of nitrogens with one attached hydrogen (secondary N) is 3. The molecule has 0 radical (unpaired) electrons. The van der Waals surface area contributed by atoms with E-state index in [1.54, 1.807) is 31.4 Å². The van der Waals surface area contributed by atoms with Crippen molar-refractivity contribution in [3.63, 3.8) is 0 Å². The van der Waals surface area contributed by atoms with Crippen molar-refractivity contribution in [2.75, 3.05) is 17.7 Å². The molecule has 8 nitrogen and oxygen atoms in total. The average molecular weight is 439 g/mol. The van der Waals surface area contributed by atoms with Gasteiger partial charge >= 0.3 is 6.03 Å². The molecule has 0 aliphatic carbocycles. The predicted octanol–water partition coefficient (Wildman–Crippen LogP) is 4.55. The van der Waals surface area contributed by atoms with Crippen LogP contribution in [0.1, 0.15) is 17.0 Å². The van der Waals surface area contributed by atoms with E-state index in [0.29, 0.717) is 23.2 Å². The summed E-state index contributed by atoms with van der Waals surface area (Å²) in [5, 5.41) is 8.93. The zero-order chi connectivity index (χ0) is 22.2. The van der Waals surface area contributed by atoms with Crippen molar-refractivity contribution in [2.24, 2.45) is 4.99 Å². The number of rotatable bonds is 5. The number of carbonyl (C=O) groups excluding carboxylic acids is 1. The number of halogens is 1. The lowest BCUT2D eigenvalue weighted by atomic mass is 10.2. The van der Waals surface area contributed by atoms with Gasteiger partial charge < -0.3 is 10.1 Å². The van der Waals surface area contributed by atoms with Crippen LogP contribution in [0.2, 0.25) is 5.02 Å². The molecule has 3 N–H and O–H groups in total. The Morgan fingerprint density at radius 3 is 2.48 bits per heavy atom. The van der Waals surface area contributed by atoms with Crippen molar-refractivity contribution in [3.05, 3.63) is 76.6 Å². The summed E-state index contributed by atoms with van der Waals surface area (Å²) in [6.07, 6.45) is 0. The number of anilines is 2. The molecule has 1 aromatic heterocycles. The van der Waals surface area contributed by atoms with E-state index in [1.165, 1.54) is 0 Å². The third kappa shape index (κ3) is 6.97. The first-order valence-electron chi connectivity index (χ1n) is 9.51. The largest absolute Gasteiger partial charge is 0.497 e. The van der Waals surface area contributed by atoms with Gasteiger partial charge in [0, 0.05) is 22.1 Å². The number of hydrogen-bond acceptors (Lipinski definition) is 5. The summed E-state index contributed by atoms with van der Waals surface area (Å²) >= 11 is 5.98. The summed E-state index contributed by atoms with van der Waals surface area (Å²) < 4.78 is 5.25. The Bertz CT molecular complexity index is 1080. The van der Waals surface area contributed by atoms with Gasteiger partial charge in [-0.05, 0) is 55.8 Å². The number of methoxy groups -OCH3 is 1. The van der Waals surface area contributed by atoms with Crippen LogP contribution in [0.15, 0.2) is 59.6 Å². The number of nitrogens with zero attached hydrogens (tertiary/aromatic N) is 3. The summed E-state index contributed by atoms with van der Waals surface area (Å²) in [7, 11) is 1.61. The van der Waals surface area contributed by atoms with E-state index < -0.39 is 6.03 Å². The third-order valence-corrected chi connectivity index (χ3v) is 4.32. The highest BCUT2D eigenvalue weighted by Gasteiger charge is 2.10. The van der Waals surface area contributed by atoms with Gasteiger partial charge in [-0.1, -0.05) is 29.8 Å². The molecule has 0 unspecified atom stereocenters. The highest BCUT2D eigenvalue weighted by atomic mass is 35.5. The minimum absolute atomic E-state index is 0.201. The second-order valence-corrected chi connectivity index (χ2v) is 7.14. The molecule has 0 saturated heterocycles. The van der Waals surface area contributed by atoms with E-state index in [0.717, 1.165) is 22.7 Å². The molecule has 160 valence electrons. The van der Waals surface area contributed by atoms with Crippen molar-refractivity contribution in [1.29, 1.82) is 0 Å². The normalized spacial score (nSPS) is 11.0. The van der Waals surface area contributed by atoms with Gasteiger partial charge in [-0.15, -0.1) is 0 Å². The summed E-state index contributed by atoms with van der Waals surface area (Å²) in [6, 6.07) is 15.8. The van der Waals surface area contributed by atoms with Gasteiger partial charge in [0.15, 0.2) is 0 Å². The lowest BCUT2D eigenvalue weighted by Crippen LogP contribution is -2.39. The molecule has 0 spiro atoms. The zero-order valence-electron chi connectivity index (χ0n) is 17.4. The highest BCUT2D eigenvalue weighted by Crippen LogP contribution is 2.15. The number of hydrogen-bond donors (Lipinski definition) is 3. The molecule has 31 heavy (non-hydrogen) atoms. The number of amides is 2. The molecule has 0 fully saturated rings. The maximum Gasteiger partial charge on any atom is 0.326 e. The molecule has 0 saturated carbocycles. The van der Waals surface area contributed by atoms with Crippen LogP contribution in [-0.2, 0) is 6.54 Å². The molecular formula is C22H23ClN6O2. The van der Waals surface area contributed by atoms with E-state index in [9.17, 15) is 4.79 Å². The third-order valence-electron chi connectivity index (χ3n) is 4.08. The molecule has 3 rings (SSSR count). The zero-order valence-corrected chi connectivity index (χ0v) is 18.2. The molecule has 1 heterocycles. The summed E-state index contributed by atoms with van der Waals surface area (Å²) in [5.74, 6) is 1.27. The number of aliphatic imine (C=N–C) groups is 1. The number of ether oxygens (including phenoxy) is 1. The van der Waals surface area contributed by atoms with E-state index in [2.05, 4.69) is 30.9 Å². The molecule has 3 aromatic rings. The Labute approximate surface area is 185 Å². The first-order chi connectivity index (χ1) is 14.9. The molecule has 0 atom stereocenters. The van der Waals surface area contributed by atoms with Gasteiger partial charge in [0.05, 0.1) is 13.7 Å². The van der Waals surface area contributed by atoms with Gasteiger partial charge in [-0.3, -0.25) is 10.6 Å². The van der Waals surface area contributed by atoms with E-state index >= 15 is 0 Å². The second kappa shape index (κ2) is 10.4. The van der Waals surface area contributed by atoms with Crippen LogP contribution >= 0.6 is 11.6 Å². The fourth-order valence-electron chi connectivity index (χ4n) is 2.78. The smallest absolute Gasteiger partial charge is 0.326 e. The Hall–Kier alpha value is -3.65. The standard InChI is InChI=1S/C22H23ClN6O2/c1-14-10-15(2)26-21(25-14)28-20(24-13-16-6-4-9-19(11-16)31-3)29-22(30)27-18-8-5-7-17(23)12-18/h4-12H,13H2,1-3H3,(H3,24,25,26,27,28,29,30). The van der Waals surface area contributed by atoms with Crippen molar-refractivity contribution in [2.45, 2.75) is 20.4 Å². The Morgan fingerprint density at radius 1 is 1.03 bits per heavy atom. The number of guanidine groups is 1. The molecule has 0 aliphatic heterocycles. The predicted molar refractivity (Wildman–Crippen MR) is 123 cm³/mol. The first-order valence-corrected chi connectivity index (χ1v) is 9.89. The Morgan fingerprint density at radius 2 is 1.77 bits per heavy atom. The van der Waals surface area contributed by atoms with Gasteiger partial charge in [-0.25, -0.2) is 19.8 Å². The van der Waals surface area contributed by atoms with Gasteiger partial charge in [-0.2, -0.15) is 0 Å². The minimum atomic E-state index is -0.483. The number of benzene rings is 2. The van der Waals surface area contributed by atoms with Crippen molar-refractivity contribution >= 4 is 35.2 Å². The number of carbonyl (C=O) groups is 1. The van der Waals surface area contributed by atoms with Crippen LogP contribution in [0, 0.1) is 13.8 Å². The van der Waals surface area contributed by atoms with Crippen LogP contribution in [0.25, 0.3) is 0 Å². The topological polar surface area (TPSA) is 101 Å². The van der Waals surface area contributed by atoms with Gasteiger partial charge in [0.25, 0.3) is 0 Å². The van der Waals surface area contributed by atoms with Crippen LogP contribution in [0.4, 0.5) is 16.4 Å². The molecule has 2 amide bonds. The van der Waals surface area contributed by atoms with Crippen LogP contribution < -0.4 is 20.7 Å². The molecule has 0 bridgehead atoms. The lowest BCUT2D eigenvalue weighted by molar-refractivity contribution is 0.256. The maximum atomic E-state index is 12.5. The monoisotopic (exact) mass is 438 g/mol. The Balaban J connectivity index is 1.79. The van der Waals surface area contributed by atoms with Crippen LogP contribution in [-0.4, -0.2) is 29.1 Å². The molecule has 9 heteroatoms. The fraction of sp³-hybridized carbons (Fsp3) is 0.182. The minimum Gasteiger partial charge on any atom is -0.497 e. The quantitative estimate of drug-likeness (QED) is 0.401. The number of urea groups is 1. The van der Waals surface area contributed by atoms with E-state index in [4.69, 9.17) is 16.3 Å². The molecular weight excluding hydrogens is 416 g/mol. The maximum absolute atomic E-state index is 12.5. The Kier molecular flexibility index (Phi) is 7.40. The van der Waals surface area contributed by atoms with Crippen LogP contribution in [0.3, 0.4) is 0 Å². The average Bonchev–Trinajstić information content (AvgIpc) is 2.71. The van der Waals surface area contributed by atoms with Crippen molar-refractivity contribution in [3.8, 4) is 5.75 Å². The van der Waals surface area contributed by atoms with E-state index in [-0.39, 0.29) is 5.96 Å². The number of aryl methyl sites for hydroxylation is 2.